The quantitative estimate of drug-likeness (QED) is 0.813. The standard InChI is InChI=1S/C14H16N2O4S/c17-12(7-16-9-21-8-13(16)18)15-11(6-14(19)20)10-4-2-1-3-5-10/h1-5,11H,6-9H2,(H,15,17)(H,19,20). The van der Waals surface area contributed by atoms with Crippen molar-refractivity contribution in [1.29, 1.82) is 0 Å². The number of benzene rings is 1. The van der Waals surface area contributed by atoms with Gasteiger partial charge in [-0.05, 0) is 5.56 Å². The molecule has 1 unspecified atom stereocenters. The molecule has 6 nitrogen and oxygen atoms in total. The van der Waals surface area contributed by atoms with Crippen molar-refractivity contribution in [3.63, 3.8) is 0 Å². The van der Waals surface area contributed by atoms with E-state index in [1.165, 1.54) is 16.7 Å². The Morgan fingerprint density at radius 1 is 1.33 bits per heavy atom. The van der Waals surface area contributed by atoms with Crippen LogP contribution in [0.25, 0.3) is 0 Å². The van der Waals surface area contributed by atoms with Crippen LogP contribution in [0.15, 0.2) is 30.3 Å². The molecule has 2 N–H and O–H groups in total. The Hall–Kier alpha value is -2.02. The lowest BCUT2D eigenvalue weighted by Gasteiger charge is -2.20. The molecule has 1 fully saturated rings. The summed E-state index contributed by atoms with van der Waals surface area (Å²) in [6, 6.07) is 8.34. The smallest absolute Gasteiger partial charge is 0.305 e. The Labute approximate surface area is 126 Å². The normalized spacial score (nSPS) is 15.8. The predicted octanol–water partition coefficient (Wildman–Crippen LogP) is 0.851. The van der Waals surface area contributed by atoms with Gasteiger partial charge in [0.05, 0.1) is 24.1 Å². The Bertz CT molecular complexity index is 535. The highest BCUT2D eigenvalue weighted by Gasteiger charge is 2.25. The molecule has 0 aliphatic carbocycles. The van der Waals surface area contributed by atoms with Crippen molar-refractivity contribution in [2.75, 3.05) is 18.2 Å². The van der Waals surface area contributed by atoms with Crippen molar-refractivity contribution in [3.05, 3.63) is 35.9 Å². The van der Waals surface area contributed by atoms with E-state index in [1.807, 2.05) is 6.07 Å². The third kappa shape index (κ3) is 4.49. The van der Waals surface area contributed by atoms with Crippen LogP contribution in [0, 0.1) is 0 Å². The van der Waals surface area contributed by atoms with Gasteiger partial charge in [0.1, 0.15) is 6.54 Å². The lowest BCUT2D eigenvalue weighted by atomic mass is 10.0. The van der Waals surface area contributed by atoms with Crippen molar-refractivity contribution in [2.45, 2.75) is 12.5 Å². The van der Waals surface area contributed by atoms with Crippen LogP contribution < -0.4 is 5.32 Å². The lowest BCUT2D eigenvalue weighted by Crippen LogP contribution is -2.40. The van der Waals surface area contributed by atoms with E-state index in [0.717, 1.165) is 5.56 Å². The second kappa shape index (κ2) is 7.12. The van der Waals surface area contributed by atoms with Gasteiger partial charge in [0.25, 0.3) is 0 Å². The van der Waals surface area contributed by atoms with Crippen LogP contribution in [0.1, 0.15) is 18.0 Å². The molecule has 1 aromatic rings. The van der Waals surface area contributed by atoms with Gasteiger partial charge in [0.2, 0.25) is 11.8 Å². The van der Waals surface area contributed by atoms with E-state index in [-0.39, 0.29) is 24.8 Å². The first-order chi connectivity index (χ1) is 10.1. The molecule has 0 spiro atoms. The van der Waals surface area contributed by atoms with Gasteiger partial charge in [-0.2, -0.15) is 0 Å². The summed E-state index contributed by atoms with van der Waals surface area (Å²) in [5.74, 6) is -0.506. The SMILES string of the molecule is O=C(O)CC(NC(=O)CN1CSCC1=O)c1ccccc1. The zero-order chi connectivity index (χ0) is 15.2. The zero-order valence-electron chi connectivity index (χ0n) is 11.3. The number of carboxylic acids is 1. The number of carbonyl (C=O) groups is 3. The Morgan fingerprint density at radius 3 is 2.62 bits per heavy atom. The molecule has 112 valence electrons. The third-order valence-electron chi connectivity index (χ3n) is 3.08. The fourth-order valence-corrected chi connectivity index (χ4v) is 2.97. The first-order valence-electron chi connectivity index (χ1n) is 6.48. The minimum absolute atomic E-state index is 0.0330. The minimum Gasteiger partial charge on any atom is -0.481 e. The van der Waals surface area contributed by atoms with Crippen molar-refractivity contribution >= 4 is 29.5 Å². The van der Waals surface area contributed by atoms with Gasteiger partial charge in [-0.3, -0.25) is 14.4 Å². The Morgan fingerprint density at radius 2 is 2.05 bits per heavy atom. The highest BCUT2D eigenvalue weighted by Crippen LogP contribution is 2.18. The van der Waals surface area contributed by atoms with E-state index >= 15 is 0 Å². The molecular formula is C14H16N2O4S. The third-order valence-corrected chi connectivity index (χ3v) is 4.02. The van der Waals surface area contributed by atoms with Gasteiger partial charge in [0, 0.05) is 0 Å². The number of nitrogens with one attached hydrogen (secondary N) is 1. The highest BCUT2D eigenvalue weighted by molar-refractivity contribution is 8.00. The topological polar surface area (TPSA) is 86.7 Å². The Balaban J connectivity index is 1.99. The number of hydrogen-bond donors (Lipinski definition) is 2. The summed E-state index contributed by atoms with van der Waals surface area (Å²) in [5, 5.41) is 11.7. The number of aliphatic carboxylic acids is 1. The van der Waals surface area contributed by atoms with Crippen LogP contribution >= 0.6 is 11.8 Å². The first-order valence-corrected chi connectivity index (χ1v) is 7.63. The molecule has 1 aromatic carbocycles. The van der Waals surface area contributed by atoms with Crippen molar-refractivity contribution in [2.24, 2.45) is 0 Å². The molecule has 1 heterocycles. The van der Waals surface area contributed by atoms with Gasteiger partial charge >= 0.3 is 5.97 Å². The van der Waals surface area contributed by atoms with Gasteiger partial charge in [-0.1, -0.05) is 30.3 Å². The van der Waals surface area contributed by atoms with Gasteiger partial charge in [-0.25, -0.2) is 0 Å². The summed E-state index contributed by atoms with van der Waals surface area (Å²) < 4.78 is 0. The largest absolute Gasteiger partial charge is 0.481 e. The lowest BCUT2D eigenvalue weighted by molar-refractivity contribution is -0.138. The highest BCUT2D eigenvalue weighted by atomic mass is 32.2. The van der Waals surface area contributed by atoms with Crippen LogP contribution in [-0.2, 0) is 14.4 Å². The Kier molecular flexibility index (Phi) is 5.21. The fourth-order valence-electron chi connectivity index (χ4n) is 2.07. The van der Waals surface area contributed by atoms with E-state index in [0.29, 0.717) is 11.6 Å². The van der Waals surface area contributed by atoms with Crippen LogP contribution in [0.5, 0.6) is 0 Å². The second-order valence-corrected chi connectivity index (χ2v) is 5.65. The number of carboxylic acid groups (broad SMARTS) is 1. The van der Waals surface area contributed by atoms with E-state index in [4.69, 9.17) is 5.11 Å². The molecule has 21 heavy (non-hydrogen) atoms. The van der Waals surface area contributed by atoms with E-state index in [2.05, 4.69) is 5.32 Å². The second-order valence-electron chi connectivity index (χ2n) is 4.70. The average molecular weight is 308 g/mol. The van der Waals surface area contributed by atoms with E-state index < -0.39 is 12.0 Å². The summed E-state index contributed by atoms with van der Waals surface area (Å²) >= 11 is 1.46. The molecule has 1 aliphatic heterocycles. The van der Waals surface area contributed by atoms with Gasteiger partial charge in [0.15, 0.2) is 0 Å². The van der Waals surface area contributed by atoms with E-state index in [1.54, 1.807) is 24.3 Å². The van der Waals surface area contributed by atoms with Crippen molar-refractivity contribution < 1.29 is 19.5 Å². The van der Waals surface area contributed by atoms with E-state index in [9.17, 15) is 14.4 Å². The summed E-state index contributed by atoms with van der Waals surface area (Å²) in [6.45, 7) is -0.0330. The van der Waals surface area contributed by atoms with Gasteiger partial charge in [-0.15, -0.1) is 11.8 Å². The molecule has 0 bridgehead atoms. The number of amides is 2. The van der Waals surface area contributed by atoms with Crippen LogP contribution in [0.3, 0.4) is 0 Å². The molecule has 2 rings (SSSR count). The van der Waals surface area contributed by atoms with Crippen molar-refractivity contribution in [1.82, 2.24) is 10.2 Å². The molecular weight excluding hydrogens is 292 g/mol. The molecule has 1 atom stereocenters. The first kappa shape index (κ1) is 15.4. The number of hydrogen-bond acceptors (Lipinski definition) is 4. The number of rotatable bonds is 6. The molecule has 7 heteroatoms. The van der Waals surface area contributed by atoms with Gasteiger partial charge < -0.3 is 15.3 Å². The monoisotopic (exact) mass is 308 g/mol. The summed E-state index contributed by atoms with van der Waals surface area (Å²) in [4.78, 5) is 35.9. The fraction of sp³-hybridized carbons (Fsp3) is 0.357. The summed E-state index contributed by atoms with van der Waals surface area (Å²) in [6.07, 6.45) is -0.196. The maximum absolute atomic E-state index is 12.0. The molecule has 0 radical (unpaired) electrons. The minimum atomic E-state index is -0.989. The predicted molar refractivity (Wildman–Crippen MR) is 78.6 cm³/mol. The van der Waals surface area contributed by atoms with Crippen LogP contribution in [0.2, 0.25) is 0 Å². The van der Waals surface area contributed by atoms with Crippen LogP contribution in [-0.4, -0.2) is 46.0 Å². The number of thioether (sulfide) groups is 1. The molecule has 2 amide bonds. The zero-order valence-corrected chi connectivity index (χ0v) is 12.1. The molecule has 1 aliphatic rings. The summed E-state index contributed by atoms with van der Waals surface area (Å²) in [7, 11) is 0. The summed E-state index contributed by atoms with van der Waals surface area (Å²) in [5.41, 5.74) is 0.732. The molecule has 0 saturated carbocycles. The van der Waals surface area contributed by atoms with Crippen molar-refractivity contribution in [3.8, 4) is 0 Å². The molecule has 0 aromatic heterocycles. The molecule has 1 saturated heterocycles. The number of carbonyl (C=O) groups excluding carboxylic acids is 2. The maximum Gasteiger partial charge on any atom is 0.305 e. The number of nitrogens with zero attached hydrogens (tertiary/aromatic N) is 1. The maximum atomic E-state index is 12.0. The van der Waals surface area contributed by atoms with Crippen LogP contribution in [0.4, 0.5) is 0 Å². The average Bonchev–Trinajstić information content (AvgIpc) is 2.84.